The van der Waals surface area contributed by atoms with E-state index in [9.17, 15) is 14.4 Å². The van der Waals surface area contributed by atoms with Crippen LogP contribution >= 0.6 is 0 Å². The Kier molecular flexibility index (Phi) is 15.4. The van der Waals surface area contributed by atoms with E-state index in [0.29, 0.717) is 59.1 Å². The van der Waals surface area contributed by atoms with Crippen molar-refractivity contribution in [2.24, 2.45) is 0 Å². The molecule has 3 rings (SSSR count). The van der Waals surface area contributed by atoms with Gasteiger partial charge in [0.15, 0.2) is 17.3 Å². The van der Waals surface area contributed by atoms with Crippen LogP contribution in [0.4, 0.5) is 0 Å². The Labute approximate surface area is 308 Å². The van der Waals surface area contributed by atoms with Crippen LogP contribution in [-0.4, -0.2) is 84.8 Å². The molecule has 0 amide bonds. The number of fused-ring (bicyclic) bond motifs is 1. The number of carbonyl (C=O) groups excluding carboxylic acids is 3. The van der Waals surface area contributed by atoms with Gasteiger partial charge in [0.1, 0.15) is 42.1 Å². The number of ketones is 1. The maximum atomic E-state index is 14.0. The van der Waals surface area contributed by atoms with E-state index in [0.717, 1.165) is 30.4 Å². The fourth-order valence-electron chi connectivity index (χ4n) is 6.18. The zero-order valence-corrected chi connectivity index (χ0v) is 32.6. The van der Waals surface area contributed by atoms with Crippen LogP contribution in [0.1, 0.15) is 99.9 Å². The van der Waals surface area contributed by atoms with Crippen LogP contribution in [0.5, 0.6) is 28.7 Å². The van der Waals surface area contributed by atoms with E-state index in [4.69, 9.17) is 37.9 Å². The Bertz CT molecular complexity index is 1590. The third-order valence-corrected chi connectivity index (χ3v) is 9.28. The normalized spacial score (nSPS) is 14.6. The molecule has 52 heavy (non-hydrogen) atoms. The van der Waals surface area contributed by atoms with E-state index in [-0.39, 0.29) is 25.4 Å². The van der Waals surface area contributed by atoms with Gasteiger partial charge in [-0.1, -0.05) is 17.7 Å². The number of hydrogen-bond acceptors (Lipinski definition) is 12. The van der Waals surface area contributed by atoms with Crippen molar-refractivity contribution in [2.45, 2.75) is 96.9 Å². The first-order chi connectivity index (χ1) is 24.6. The number of Topliss-reactive ketones (excluding diaryl/α,β-unsaturated/α-hetero) is 1. The van der Waals surface area contributed by atoms with Crippen molar-refractivity contribution in [3.8, 4) is 28.7 Å². The number of methoxy groups -OCH3 is 6. The molecule has 12 nitrogen and oxygen atoms in total. The number of ether oxygens (including phenoxy) is 9. The molecule has 0 N–H and O–H groups in total. The lowest BCUT2D eigenvalue weighted by molar-refractivity contribution is -0.152. The van der Waals surface area contributed by atoms with Crippen LogP contribution in [0.2, 0.25) is 0 Å². The lowest BCUT2D eigenvalue weighted by Gasteiger charge is -2.31. The van der Waals surface area contributed by atoms with Crippen molar-refractivity contribution < 1.29 is 57.0 Å². The average Bonchev–Trinajstić information content (AvgIpc) is 3.12. The summed E-state index contributed by atoms with van der Waals surface area (Å²) in [6.07, 6.45) is 5.55. The fraction of sp³-hybridized carbons (Fsp3) is 0.575. The number of hydrogen-bond donors (Lipinski definition) is 0. The molecule has 2 aromatic carbocycles. The van der Waals surface area contributed by atoms with Gasteiger partial charge in [-0.15, -0.1) is 0 Å². The van der Waals surface area contributed by atoms with Crippen molar-refractivity contribution in [2.75, 3.05) is 55.9 Å². The Morgan fingerprint density at radius 1 is 0.808 bits per heavy atom. The molecule has 12 heteroatoms. The average molecular weight is 729 g/mol. The number of allylic oxidation sites excluding steroid dienone is 2. The number of esters is 2. The first-order valence-electron chi connectivity index (χ1n) is 17.4. The largest absolute Gasteiger partial charge is 0.496 e. The molecule has 0 fully saturated rings. The Morgan fingerprint density at radius 3 is 1.96 bits per heavy atom. The van der Waals surface area contributed by atoms with Gasteiger partial charge in [0.2, 0.25) is 0 Å². The zero-order chi connectivity index (χ0) is 38.6. The Hall–Kier alpha value is -4.29. The molecule has 2 aromatic rings. The van der Waals surface area contributed by atoms with Gasteiger partial charge in [0, 0.05) is 22.8 Å². The summed E-state index contributed by atoms with van der Waals surface area (Å²) in [5, 5.41) is 0. The molecule has 1 unspecified atom stereocenters. The molecule has 0 aliphatic carbocycles. The monoisotopic (exact) mass is 728 g/mol. The van der Waals surface area contributed by atoms with E-state index < -0.39 is 29.2 Å². The standard InChI is InChI=1S/C40H56O12/c1-25(13-12-19-39(2,3)50-23-34(42)46-8)14-15-27-26(16-17-30(44-6)37(27)48-10)32-21-29(41)36-33(52-32)22-31(45-7)28(38(36)49-11)18-20-40(4,5)51-24-35(43)47-9/h14,16-17,22,32H,12-13,15,18-21,23-24H2,1-11H3. The van der Waals surface area contributed by atoms with Crippen molar-refractivity contribution in [3.63, 3.8) is 0 Å². The van der Waals surface area contributed by atoms with Crippen molar-refractivity contribution in [3.05, 3.63) is 52.1 Å². The summed E-state index contributed by atoms with van der Waals surface area (Å²) >= 11 is 0. The first kappa shape index (κ1) is 42.1. The van der Waals surface area contributed by atoms with Crippen LogP contribution in [0.15, 0.2) is 29.8 Å². The van der Waals surface area contributed by atoms with E-state index in [2.05, 4.69) is 17.7 Å². The topological polar surface area (TPSA) is 134 Å². The van der Waals surface area contributed by atoms with Crippen LogP contribution in [0.3, 0.4) is 0 Å². The molecule has 0 spiro atoms. The van der Waals surface area contributed by atoms with E-state index in [1.165, 1.54) is 26.9 Å². The van der Waals surface area contributed by atoms with Crippen molar-refractivity contribution in [1.29, 1.82) is 0 Å². The zero-order valence-electron chi connectivity index (χ0n) is 32.6. The molecule has 288 valence electrons. The molecule has 1 aliphatic rings. The van der Waals surface area contributed by atoms with Gasteiger partial charge in [-0.05, 0) is 79.2 Å². The molecular formula is C40H56O12. The summed E-state index contributed by atoms with van der Waals surface area (Å²) in [4.78, 5) is 37.2. The quantitative estimate of drug-likeness (QED) is 0.103. The highest BCUT2D eigenvalue weighted by Crippen LogP contribution is 2.48. The SMILES string of the molecule is COC(=O)COC(C)(C)CCCC(C)=CCc1c(C2CC(=O)c3c(cc(OC)c(CCC(C)(C)OCC(=O)OC)c3OC)O2)ccc(OC)c1OC. The maximum absolute atomic E-state index is 14.0. The molecular weight excluding hydrogens is 672 g/mol. The van der Waals surface area contributed by atoms with Crippen LogP contribution in [-0.2, 0) is 41.4 Å². The Morgan fingerprint density at radius 2 is 1.40 bits per heavy atom. The fourth-order valence-corrected chi connectivity index (χ4v) is 6.18. The van der Waals surface area contributed by atoms with E-state index in [1.54, 1.807) is 27.4 Å². The summed E-state index contributed by atoms with van der Waals surface area (Å²) in [5.74, 6) is 1.43. The Balaban J connectivity index is 1.89. The summed E-state index contributed by atoms with van der Waals surface area (Å²) in [6.45, 7) is 9.52. The minimum absolute atomic E-state index is 0.0781. The van der Waals surface area contributed by atoms with Crippen LogP contribution in [0, 0.1) is 0 Å². The number of rotatable bonds is 20. The molecule has 0 radical (unpaired) electrons. The second-order valence-electron chi connectivity index (χ2n) is 13.9. The van der Waals surface area contributed by atoms with Crippen LogP contribution in [0.25, 0.3) is 0 Å². The molecule has 1 aliphatic heterocycles. The lowest BCUT2D eigenvalue weighted by atomic mass is 9.88. The summed E-state index contributed by atoms with van der Waals surface area (Å²) < 4.78 is 50.7. The molecule has 0 saturated heterocycles. The highest BCUT2D eigenvalue weighted by molar-refractivity contribution is 6.03. The van der Waals surface area contributed by atoms with E-state index >= 15 is 0 Å². The second-order valence-corrected chi connectivity index (χ2v) is 13.9. The molecule has 0 bridgehead atoms. The molecule has 1 atom stereocenters. The van der Waals surface area contributed by atoms with Gasteiger partial charge in [-0.3, -0.25) is 4.79 Å². The summed E-state index contributed by atoms with van der Waals surface area (Å²) in [6, 6.07) is 5.48. The summed E-state index contributed by atoms with van der Waals surface area (Å²) in [5.41, 5.74) is 2.77. The van der Waals surface area contributed by atoms with Gasteiger partial charge in [-0.25, -0.2) is 9.59 Å². The van der Waals surface area contributed by atoms with Gasteiger partial charge in [0.25, 0.3) is 0 Å². The highest BCUT2D eigenvalue weighted by atomic mass is 16.6. The third kappa shape index (κ3) is 11.1. The maximum Gasteiger partial charge on any atom is 0.331 e. The summed E-state index contributed by atoms with van der Waals surface area (Å²) in [7, 11) is 8.92. The van der Waals surface area contributed by atoms with Crippen molar-refractivity contribution in [1.82, 2.24) is 0 Å². The molecule has 1 heterocycles. The van der Waals surface area contributed by atoms with Crippen LogP contribution < -0.4 is 23.7 Å². The first-order valence-corrected chi connectivity index (χ1v) is 17.4. The van der Waals surface area contributed by atoms with Gasteiger partial charge in [0.05, 0.1) is 60.3 Å². The second kappa shape index (κ2) is 19.0. The van der Waals surface area contributed by atoms with E-state index in [1.807, 2.05) is 39.8 Å². The third-order valence-electron chi connectivity index (χ3n) is 9.28. The molecule has 0 saturated carbocycles. The van der Waals surface area contributed by atoms with Gasteiger partial charge in [-0.2, -0.15) is 0 Å². The lowest BCUT2D eigenvalue weighted by Crippen LogP contribution is -2.29. The smallest absolute Gasteiger partial charge is 0.331 e. The minimum atomic E-state index is -0.668. The predicted octanol–water partition coefficient (Wildman–Crippen LogP) is 6.96. The molecule has 0 aromatic heterocycles. The highest BCUT2D eigenvalue weighted by Gasteiger charge is 2.36. The number of carbonyl (C=O) groups is 3. The number of benzene rings is 2. The predicted molar refractivity (Wildman–Crippen MR) is 195 cm³/mol. The minimum Gasteiger partial charge on any atom is -0.496 e. The van der Waals surface area contributed by atoms with Crippen molar-refractivity contribution >= 4 is 17.7 Å². The van der Waals surface area contributed by atoms with Gasteiger partial charge >= 0.3 is 11.9 Å². The van der Waals surface area contributed by atoms with Gasteiger partial charge < -0.3 is 42.6 Å².